The zero-order chi connectivity index (χ0) is 26.7. The van der Waals surface area contributed by atoms with Crippen molar-refractivity contribution in [3.8, 4) is 0 Å². The summed E-state index contributed by atoms with van der Waals surface area (Å²) in [5, 5.41) is 9.11. The zero-order valence-corrected chi connectivity index (χ0v) is 24.9. The molecule has 0 N–H and O–H groups in total. The third-order valence-corrected chi connectivity index (χ3v) is 8.89. The van der Waals surface area contributed by atoms with Crippen molar-refractivity contribution >= 4 is 46.6 Å². The summed E-state index contributed by atoms with van der Waals surface area (Å²) in [6.45, 7) is 0. The summed E-state index contributed by atoms with van der Waals surface area (Å²) in [6, 6.07) is 48.8. The van der Waals surface area contributed by atoms with Crippen molar-refractivity contribution in [1.82, 2.24) is 0 Å². The maximum absolute atomic E-state index is 4.80. The molecule has 39 heavy (non-hydrogen) atoms. The first-order valence-electron chi connectivity index (χ1n) is 12.8. The van der Waals surface area contributed by atoms with Crippen LogP contribution in [0.15, 0.2) is 140 Å². The Balaban J connectivity index is 0.000000210. The molecule has 0 atom stereocenters. The van der Waals surface area contributed by atoms with Gasteiger partial charge in [-0.15, -0.1) is 11.4 Å². The molecule has 201 valence electrons. The average Bonchev–Trinajstić information content (AvgIpc) is 2.96. The second-order valence-electron chi connectivity index (χ2n) is 9.35. The fourth-order valence-corrected chi connectivity index (χ4v) is 6.90. The summed E-state index contributed by atoms with van der Waals surface area (Å²) in [5.41, 5.74) is 4.22. The van der Waals surface area contributed by atoms with Crippen LogP contribution in [0.25, 0.3) is 5.32 Å². The third-order valence-electron chi connectivity index (χ3n) is 6.16. The molecule has 0 aliphatic rings. The molecule has 5 aromatic rings. The summed E-state index contributed by atoms with van der Waals surface area (Å²) >= 11 is 0. The molecule has 3 nitrogen and oxygen atoms in total. The Labute approximate surface area is 245 Å². The van der Waals surface area contributed by atoms with Crippen molar-refractivity contribution in [3.05, 3.63) is 145 Å². The van der Waals surface area contributed by atoms with Gasteiger partial charge in [0.1, 0.15) is 15.9 Å². The minimum atomic E-state index is -0.877. The Bertz CT molecular complexity index is 1250. The SMILES string of the molecule is CN(C)c1ccccc1[N-]c1ccccc1N(C)C.[Cu+2].c1ccc([PH+](c2ccccc2)c2ccccc2)cc1. The summed E-state index contributed by atoms with van der Waals surface area (Å²) in [5.74, 6) is 0. The molecule has 0 fully saturated rings. The summed E-state index contributed by atoms with van der Waals surface area (Å²) in [4.78, 5) is 4.16. The second-order valence-corrected chi connectivity index (χ2v) is 11.8. The molecule has 0 aliphatic carbocycles. The van der Waals surface area contributed by atoms with Gasteiger partial charge >= 0.3 is 17.1 Å². The van der Waals surface area contributed by atoms with Gasteiger partial charge in [0.15, 0.2) is 0 Å². The van der Waals surface area contributed by atoms with Crippen LogP contribution >= 0.6 is 7.92 Å². The van der Waals surface area contributed by atoms with Crippen LogP contribution in [0.4, 0.5) is 22.7 Å². The predicted octanol–water partition coefficient (Wildman–Crippen LogP) is 7.33. The van der Waals surface area contributed by atoms with Gasteiger partial charge in [0, 0.05) is 39.6 Å². The van der Waals surface area contributed by atoms with Crippen LogP contribution in [0.1, 0.15) is 0 Å². The number of benzene rings is 5. The van der Waals surface area contributed by atoms with Crippen LogP contribution in [-0.4, -0.2) is 28.2 Å². The largest absolute Gasteiger partial charge is 2.00 e. The summed E-state index contributed by atoms with van der Waals surface area (Å²) in [7, 11) is 7.26. The van der Waals surface area contributed by atoms with E-state index >= 15 is 0 Å². The van der Waals surface area contributed by atoms with E-state index in [0.717, 1.165) is 22.7 Å². The van der Waals surface area contributed by atoms with Crippen molar-refractivity contribution < 1.29 is 17.1 Å². The topological polar surface area (TPSA) is 20.6 Å². The molecule has 0 saturated heterocycles. The van der Waals surface area contributed by atoms with E-state index in [4.69, 9.17) is 5.32 Å². The Morgan fingerprint density at radius 3 is 1.00 bits per heavy atom. The molecule has 1 radical (unpaired) electrons. The van der Waals surface area contributed by atoms with Crippen LogP contribution in [-0.2, 0) is 17.1 Å². The Kier molecular flexibility index (Phi) is 11.6. The maximum atomic E-state index is 4.80. The Morgan fingerprint density at radius 2 is 0.692 bits per heavy atom. The van der Waals surface area contributed by atoms with Crippen molar-refractivity contribution in [2.24, 2.45) is 0 Å². The minimum absolute atomic E-state index is 0. The zero-order valence-electron chi connectivity index (χ0n) is 22.9. The number of anilines is 2. The summed E-state index contributed by atoms with van der Waals surface area (Å²) < 4.78 is 0. The van der Waals surface area contributed by atoms with Crippen molar-refractivity contribution in [1.29, 1.82) is 0 Å². The van der Waals surface area contributed by atoms with Gasteiger partial charge in [0.25, 0.3) is 0 Å². The van der Waals surface area contributed by atoms with E-state index in [1.807, 2.05) is 64.6 Å². The first-order chi connectivity index (χ1) is 18.5. The first kappa shape index (κ1) is 30.0. The number of hydrogen-bond acceptors (Lipinski definition) is 2. The van der Waals surface area contributed by atoms with Crippen LogP contribution in [0.2, 0.25) is 0 Å². The molecular formula is C34H36CuN3P+2. The van der Waals surface area contributed by atoms with E-state index in [9.17, 15) is 0 Å². The van der Waals surface area contributed by atoms with Crippen LogP contribution in [0.3, 0.4) is 0 Å². The Morgan fingerprint density at radius 1 is 0.410 bits per heavy atom. The van der Waals surface area contributed by atoms with Gasteiger partial charge in [-0.25, -0.2) is 0 Å². The smallest absolute Gasteiger partial charge is 0.655 e. The molecule has 0 bridgehead atoms. The molecule has 5 heteroatoms. The molecule has 5 aromatic carbocycles. The summed E-state index contributed by atoms with van der Waals surface area (Å²) in [6.07, 6.45) is 0. The average molecular weight is 581 g/mol. The fourth-order valence-electron chi connectivity index (χ4n) is 4.32. The number of rotatable bonds is 7. The van der Waals surface area contributed by atoms with E-state index in [0.29, 0.717) is 0 Å². The molecule has 0 saturated carbocycles. The van der Waals surface area contributed by atoms with E-state index in [2.05, 4.69) is 113 Å². The normalized spacial score (nSPS) is 10.1. The molecule has 0 aromatic heterocycles. The maximum Gasteiger partial charge on any atom is 2.00 e. The number of nitrogens with zero attached hydrogens (tertiary/aromatic N) is 3. The molecular weight excluding hydrogens is 545 g/mol. The van der Waals surface area contributed by atoms with Crippen molar-refractivity contribution in [2.45, 2.75) is 0 Å². The van der Waals surface area contributed by atoms with E-state index < -0.39 is 7.92 Å². The van der Waals surface area contributed by atoms with Gasteiger partial charge < -0.3 is 15.1 Å². The quantitative estimate of drug-likeness (QED) is 0.148. The molecule has 5 rings (SSSR count). The molecule has 0 unspecified atom stereocenters. The standard InChI is InChI=1S/C18H15P.C16H20N3.Cu/c1-4-10-16(11-5-1)19(17-12-6-2-7-13-17)18-14-8-3-9-15-18;1-18(2)15-11-7-5-9-13(15)17-14-10-6-8-12-16(14)19(3)4;/h1-15H;5-12H,1-4H3;/q;-1;+2/p+1. The molecule has 0 heterocycles. The van der Waals surface area contributed by atoms with Gasteiger partial charge in [-0.3, -0.25) is 0 Å². The van der Waals surface area contributed by atoms with E-state index in [-0.39, 0.29) is 17.1 Å². The third kappa shape index (κ3) is 8.22. The van der Waals surface area contributed by atoms with Gasteiger partial charge in [-0.1, -0.05) is 91.0 Å². The van der Waals surface area contributed by atoms with Crippen LogP contribution < -0.4 is 25.7 Å². The Hall–Kier alpha value is -3.55. The van der Waals surface area contributed by atoms with Crippen molar-refractivity contribution in [2.75, 3.05) is 38.0 Å². The fraction of sp³-hybridized carbons (Fsp3) is 0.118. The minimum Gasteiger partial charge on any atom is -0.655 e. The van der Waals surface area contributed by atoms with Crippen LogP contribution in [0, 0.1) is 0 Å². The molecule has 0 aliphatic heterocycles. The van der Waals surface area contributed by atoms with Gasteiger partial charge in [-0.05, 0) is 48.5 Å². The first-order valence-corrected chi connectivity index (χ1v) is 14.3. The van der Waals surface area contributed by atoms with Gasteiger partial charge in [0.2, 0.25) is 0 Å². The van der Waals surface area contributed by atoms with Gasteiger partial charge in [-0.2, -0.15) is 0 Å². The number of hydrogen-bond donors (Lipinski definition) is 0. The number of para-hydroxylation sites is 4. The monoisotopic (exact) mass is 580 g/mol. The van der Waals surface area contributed by atoms with E-state index in [1.54, 1.807) is 0 Å². The molecule has 0 spiro atoms. The van der Waals surface area contributed by atoms with E-state index in [1.165, 1.54) is 15.9 Å². The predicted molar refractivity (Wildman–Crippen MR) is 171 cm³/mol. The second kappa shape index (κ2) is 15.1. The van der Waals surface area contributed by atoms with Crippen molar-refractivity contribution in [3.63, 3.8) is 0 Å². The van der Waals surface area contributed by atoms with Gasteiger partial charge in [0.05, 0.1) is 7.92 Å². The molecule has 0 amide bonds. The van der Waals surface area contributed by atoms with Crippen LogP contribution in [0.5, 0.6) is 0 Å².